The third-order valence-corrected chi connectivity index (χ3v) is 2.23. The first kappa shape index (κ1) is 9.73. The Bertz CT molecular complexity index is 451. The van der Waals surface area contributed by atoms with E-state index in [9.17, 15) is 0 Å². The molecule has 1 aromatic carbocycles. The highest BCUT2D eigenvalue weighted by Gasteiger charge is 2.03. The average molecular weight is 203 g/mol. The Morgan fingerprint density at radius 1 is 1.47 bits per heavy atom. The van der Waals surface area contributed by atoms with Crippen molar-refractivity contribution in [1.82, 2.24) is 9.55 Å². The summed E-state index contributed by atoms with van der Waals surface area (Å²) in [6, 6.07) is 7.78. The lowest BCUT2D eigenvalue weighted by Crippen LogP contribution is -2.06. The third kappa shape index (κ3) is 1.85. The van der Waals surface area contributed by atoms with Crippen LogP contribution in [-0.4, -0.2) is 16.7 Å². The van der Waals surface area contributed by atoms with Gasteiger partial charge in [-0.1, -0.05) is 6.07 Å². The number of aromatic nitrogens is 2. The van der Waals surface area contributed by atoms with E-state index in [4.69, 9.17) is 10.5 Å². The van der Waals surface area contributed by atoms with E-state index in [2.05, 4.69) is 4.98 Å². The normalized spacial score (nSPS) is 10.3. The highest BCUT2D eigenvalue weighted by Crippen LogP contribution is 2.17. The molecule has 0 saturated carbocycles. The summed E-state index contributed by atoms with van der Waals surface area (Å²) >= 11 is 0. The minimum absolute atomic E-state index is 0.421. The third-order valence-electron chi connectivity index (χ3n) is 2.23. The van der Waals surface area contributed by atoms with E-state index in [0.717, 1.165) is 17.3 Å². The van der Waals surface area contributed by atoms with Crippen LogP contribution < -0.4 is 10.5 Å². The zero-order valence-electron chi connectivity index (χ0n) is 8.55. The monoisotopic (exact) mass is 203 g/mol. The van der Waals surface area contributed by atoms with Crippen LogP contribution in [0.3, 0.4) is 0 Å². The molecule has 2 aromatic rings. The number of ether oxygens (including phenoxy) is 1. The summed E-state index contributed by atoms with van der Waals surface area (Å²) in [5.41, 5.74) is 6.60. The van der Waals surface area contributed by atoms with Gasteiger partial charge >= 0.3 is 0 Å². The number of methoxy groups -OCH3 is 1. The Hall–Kier alpha value is -1.81. The Morgan fingerprint density at radius 2 is 2.33 bits per heavy atom. The maximum absolute atomic E-state index is 5.59. The molecule has 0 atom stereocenters. The van der Waals surface area contributed by atoms with Gasteiger partial charge in [-0.05, 0) is 12.1 Å². The molecule has 0 fully saturated rings. The van der Waals surface area contributed by atoms with Gasteiger partial charge in [0.2, 0.25) is 0 Å². The summed E-state index contributed by atoms with van der Waals surface area (Å²) in [5, 5.41) is 0. The lowest BCUT2D eigenvalue weighted by Gasteiger charge is -2.07. The van der Waals surface area contributed by atoms with Crippen LogP contribution in [0.25, 0.3) is 5.69 Å². The van der Waals surface area contributed by atoms with Crippen LogP contribution in [0.2, 0.25) is 0 Å². The Labute approximate surface area is 88.3 Å². The molecule has 0 aliphatic heterocycles. The molecule has 0 aliphatic rings. The molecule has 0 saturated heterocycles. The maximum Gasteiger partial charge on any atom is 0.126 e. The maximum atomic E-state index is 5.59. The summed E-state index contributed by atoms with van der Waals surface area (Å²) in [6.45, 7) is 0.421. The summed E-state index contributed by atoms with van der Waals surface area (Å²) < 4.78 is 7.11. The van der Waals surface area contributed by atoms with Crippen LogP contribution in [0, 0.1) is 0 Å². The number of nitrogens with two attached hydrogens (primary N) is 1. The van der Waals surface area contributed by atoms with Crippen LogP contribution in [0.4, 0.5) is 0 Å². The molecule has 78 valence electrons. The molecule has 1 heterocycles. The molecule has 0 spiro atoms. The second-order valence-corrected chi connectivity index (χ2v) is 3.12. The van der Waals surface area contributed by atoms with Crippen molar-refractivity contribution in [2.45, 2.75) is 6.54 Å². The fourth-order valence-electron chi connectivity index (χ4n) is 1.48. The SMILES string of the molecule is COc1cccc(-n2ccnc2CN)c1. The highest BCUT2D eigenvalue weighted by atomic mass is 16.5. The van der Waals surface area contributed by atoms with Crippen molar-refractivity contribution < 1.29 is 4.74 Å². The highest BCUT2D eigenvalue weighted by molar-refractivity contribution is 5.40. The van der Waals surface area contributed by atoms with Gasteiger partial charge in [0.15, 0.2) is 0 Å². The number of hydrogen-bond acceptors (Lipinski definition) is 3. The van der Waals surface area contributed by atoms with Crippen LogP contribution in [0.1, 0.15) is 5.82 Å². The average Bonchev–Trinajstić information content (AvgIpc) is 2.77. The zero-order chi connectivity index (χ0) is 10.7. The number of benzene rings is 1. The van der Waals surface area contributed by atoms with Crippen molar-refractivity contribution >= 4 is 0 Å². The first-order valence-electron chi connectivity index (χ1n) is 4.72. The lowest BCUT2D eigenvalue weighted by molar-refractivity contribution is 0.414. The predicted molar refractivity (Wildman–Crippen MR) is 58.0 cm³/mol. The predicted octanol–water partition coefficient (Wildman–Crippen LogP) is 1.34. The molecule has 0 radical (unpaired) electrons. The fraction of sp³-hybridized carbons (Fsp3) is 0.182. The van der Waals surface area contributed by atoms with Gasteiger partial charge in [0.1, 0.15) is 11.6 Å². The molecule has 4 heteroatoms. The van der Waals surface area contributed by atoms with Crippen molar-refractivity contribution in [3.05, 3.63) is 42.5 Å². The molecular formula is C11H13N3O. The standard InChI is InChI=1S/C11H13N3O/c1-15-10-4-2-3-9(7-10)14-6-5-13-11(14)8-12/h2-7H,8,12H2,1H3. The lowest BCUT2D eigenvalue weighted by atomic mass is 10.3. The van der Waals surface area contributed by atoms with E-state index in [1.807, 2.05) is 35.0 Å². The van der Waals surface area contributed by atoms with Gasteiger partial charge in [0.25, 0.3) is 0 Å². The summed E-state index contributed by atoms with van der Waals surface area (Å²) in [4.78, 5) is 4.16. The van der Waals surface area contributed by atoms with Crippen molar-refractivity contribution in [2.75, 3.05) is 7.11 Å². The number of rotatable bonds is 3. The fourth-order valence-corrected chi connectivity index (χ4v) is 1.48. The van der Waals surface area contributed by atoms with Crippen LogP contribution in [0.15, 0.2) is 36.7 Å². The Kier molecular flexibility index (Phi) is 2.69. The van der Waals surface area contributed by atoms with Crippen molar-refractivity contribution in [3.63, 3.8) is 0 Å². The smallest absolute Gasteiger partial charge is 0.126 e. The minimum Gasteiger partial charge on any atom is -0.497 e. The van der Waals surface area contributed by atoms with Crippen molar-refractivity contribution in [3.8, 4) is 11.4 Å². The molecule has 0 aliphatic carbocycles. The molecule has 0 amide bonds. The van der Waals surface area contributed by atoms with Gasteiger partial charge in [-0.15, -0.1) is 0 Å². The molecule has 0 unspecified atom stereocenters. The van der Waals surface area contributed by atoms with Gasteiger partial charge in [-0.25, -0.2) is 4.98 Å². The first-order chi connectivity index (χ1) is 7.35. The van der Waals surface area contributed by atoms with Gasteiger partial charge in [0.05, 0.1) is 19.3 Å². The van der Waals surface area contributed by atoms with Gasteiger partial charge in [-0.3, -0.25) is 0 Å². The van der Waals surface area contributed by atoms with Crippen molar-refractivity contribution in [1.29, 1.82) is 0 Å². The summed E-state index contributed by atoms with van der Waals surface area (Å²) in [7, 11) is 1.65. The largest absolute Gasteiger partial charge is 0.497 e. The number of nitrogens with zero attached hydrogens (tertiary/aromatic N) is 2. The molecule has 2 rings (SSSR count). The van der Waals surface area contributed by atoms with Gasteiger partial charge in [0, 0.05) is 18.5 Å². The molecule has 2 N–H and O–H groups in total. The van der Waals surface area contributed by atoms with Crippen LogP contribution >= 0.6 is 0 Å². The van der Waals surface area contributed by atoms with Crippen LogP contribution in [-0.2, 0) is 6.54 Å². The van der Waals surface area contributed by atoms with Gasteiger partial charge < -0.3 is 15.0 Å². The molecular weight excluding hydrogens is 190 g/mol. The Morgan fingerprint density at radius 3 is 3.07 bits per heavy atom. The Balaban J connectivity index is 2.44. The van der Waals surface area contributed by atoms with Crippen molar-refractivity contribution in [2.24, 2.45) is 5.73 Å². The minimum atomic E-state index is 0.421. The second-order valence-electron chi connectivity index (χ2n) is 3.12. The topological polar surface area (TPSA) is 53.1 Å². The summed E-state index contributed by atoms with van der Waals surface area (Å²) in [6.07, 6.45) is 3.62. The molecule has 1 aromatic heterocycles. The van der Waals surface area contributed by atoms with E-state index in [-0.39, 0.29) is 0 Å². The molecule has 15 heavy (non-hydrogen) atoms. The van der Waals surface area contributed by atoms with Gasteiger partial charge in [-0.2, -0.15) is 0 Å². The zero-order valence-corrected chi connectivity index (χ0v) is 8.55. The van der Waals surface area contributed by atoms with E-state index in [1.165, 1.54) is 0 Å². The van der Waals surface area contributed by atoms with E-state index in [0.29, 0.717) is 6.54 Å². The van der Waals surface area contributed by atoms with Crippen LogP contribution in [0.5, 0.6) is 5.75 Å². The molecule has 4 nitrogen and oxygen atoms in total. The van der Waals surface area contributed by atoms with E-state index in [1.54, 1.807) is 13.3 Å². The van der Waals surface area contributed by atoms with E-state index < -0.39 is 0 Å². The molecule has 0 bridgehead atoms. The second kappa shape index (κ2) is 4.14. The number of imidazole rings is 1. The quantitative estimate of drug-likeness (QED) is 0.819. The van der Waals surface area contributed by atoms with E-state index >= 15 is 0 Å². The first-order valence-corrected chi connectivity index (χ1v) is 4.72. The summed E-state index contributed by atoms with van der Waals surface area (Å²) in [5.74, 6) is 1.66. The number of hydrogen-bond donors (Lipinski definition) is 1.